The van der Waals surface area contributed by atoms with Crippen LogP contribution in [0.25, 0.3) is 0 Å². The van der Waals surface area contributed by atoms with Gasteiger partial charge in [0.1, 0.15) is 5.75 Å². The first-order valence-electron chi connectivity index (χ1n) is 7.80. The van der Waals surface area contributed by atoms with Crippen molar-refractivity contribution in [3.8, 4) is 5.75 Å². The van der Waals surface area contributed by atoms with Gasteiger partial charge in [-0.25, -0.2) is 0 Å². The van der Waals surface area contributed by atoms with Gasteiger partial charge >= 0.3 is 0 Å². The van der Waals surface area contributed by atoms with Gasteiger partial charge in [-0.1, -0.05) is 25.0 Å². The summed E-state index contributed by atoms with van der Waals surface area (Å²) in [5, 5.41) is 3.46. The van der Waals surface area contributed by atoms with Crippen molar-refractivity contribution >= 4 is 0 Å². The van der Waals surface area contributed by atoms with Gasteiger partial charge in [-0.15, -0.1) is 0 Å². The molecule has 2 atom stereocenters. The maximum Gasteiger partial charge on any atom is 0.118 e. The lowest BCUT2D eigenvalue weighted by molar-refractivity contribution is 0.193. The van der Waals surface area contributed by atoms with E-state index in [4.69, 9.17) is 4.74 Å². The van der Waals surface area contributed by atoms with Crippen LogP contribution in [0.3, 0.4) is 0 Å². The summed E-state index contributed by atoms with van der Waals surface area (Å²) >= 11 is 0. The summed E-state index contributed by atoms with van der Waals surface area (Å²) in [6.07, 6.45) is 5.43. The molecule has 0 amide bonds. The molecule has 1 aliphatic heterocycles. The Morgan fingerprint density at radius 1 is 1.25 bits per heavy atom. The molecule has 0 aromatic heterocycles. The molecule has 2 unspecified atom stereocenters. The fraction of sp³-hybridized carbons (Fsp3) is 0.647. The normalized spacial score (nSPS) is 22.2. The quantitative estimate of drug-likeness (QED) is 0.893. The van der Waals surface area contributed by atoms with Crippen LogP contribution < -0.4 is 10.1 Å². The van der Waals surface area contributed by atoms with E-state index in [2.05, 4.69) is 36.3 Å². The van der Waals surface area contributed by atoms with E-state index >= 15 is 0 Å². The first-order valence-corrected chi connectivity index (χ1v) is 7.80. The standard InChI is InChI=1S/C17H28N2O/c1-14-7-5-4-6-12-19(14)13-17(18-2)15-8-10-16(20-3)11-9-15/h8-11,14,17-18H,4-7,12-13H2,1-3H3. The fourth-order valence-electron chi connectivity index (χ4n) is 3.04. The predicted octanol–water partition coefficient (Wildman–Crippen LogP) is 3.22. The molecule has 0 spiro atoms. The summed E-state index contributed by atoms with van der Waals surface area (Å²) in [6.45, 7) is 4.69. The van der Waals surface area contributed by atoms with Crippen LogP contribution in [0.2, 0.25) is 0 Å². The van der Waals surface area contributed by atoms with Gasteiger partial charge in [0.2, 0.25) is 0 Å². The molecule has 1 aromatic carbocycles. The Hall–Kier alpha value is -1.06. The van der Waals surface area contributed by atoms with Crippen molar-refractivity contribution in [2.24, 2.45) is 0 Å². The molecule has 1 saturated heterocycles. The molecule has 2 rings (SSSR count). The first-order chi connectivity index (χ1) is 9.74. The molecule has 1 aliphatic rings. The average molecular weight is 276 g/mol. The van der Waals surface area contributed by atoms with Gasteiger partial charge in [-0.05, 0) is 51.1 Å². The minimum absolute atomic E-state index is 0.390. The summed E-state index contributed by atoms with van der Waals surface area (Å²) in [5.41, 5.74) is 1.34. The van der Waals surface area contributed by atoms with Gasteiger partial charge in [-0.3, -0.25) is 4.90 Å². The van der Waals surface area contributed by atoms with Gasteiger partial charge in [0.25, 0.3) is 0 Å². The van der Waals surface area contributed by atoms with E-state index in [0.717, 1.165) is 12.3 Å². The van der Waals surface area contributed by atoms with Crippen LogP contribution in [0.4, 0.5) is 0 Å². The number of likely N-dealkylation sites (N-methyl/N-ethyl adjacent to an activating group) is 1. The van der Waals surface area contributed by atoms with Crippen LogP contribution in [0.5, 0.6) is 5.75 Å². The maximum atomic E-state index is 5.24. The Bertz CT molecular complexity index is 390. The van der Waals surface area contributed by atoms with Crippen molar-refractivity contribution in [1.82, 2.24) is 10.2 Å². The lowest BCUT2D eigenvalue weighted by Crippen LogP contribution is -2.39. The van der Waals surface area contributed by atoms with Gasteiger partial charge in [0, 0.05) is 18.6 Å². The molecule has 0 saturated carbocycles. The lowest BCUT2D eigenvalue weighted by Gasteiger charge is -2.31. The topological polar surface area (TPSA) is 24.5 Å². The van der Waals surface area contributed by atoms with E-state index in [1.54, 1.807) is 7.11 Å². The molecule has 1 fully saturated rings. The highest BCUT2D eigenvalue weighted by atomic mass is 16.5. The molecule has 3 heteroatoms. The van der Waals surface area contributed by atoms with E-state index in [0.29, 0.717) is 12.1 Å². The Morgan fingerprint density at radius 3 is 2.65 bits per heavy atom. The first kappa shape index (κ1) is 15.3. The van der Waals surface area contributed by atoms with E-state index < -0.39 is 0 Å². The molecule has 0 radical (unpaired) electrons. The molecule has 1 N–H and O–H groups in total. The highest BCUT2D eigenvalue weighted by Gasteiger charge is 2.20. The molecule has 0 bridgehead atoms. The molecule has 1 heterocycles. The summed E-state index contributed by atoms with van der Waals surface area (Å²) in [5.74, 6) is 0.923. The van der Waals surface area contributed by atoms with E-state index in [1.165, 1.54) is 37.8 Å². The molecular weight excluding hydrogens is 248 g/mol. The minimum atomic E-state index is 0.390. The third kappa shape index (κ3) is 3.97. The smallest absolute Gasteiger partial charge is 0.118 e. The zero-order valence-corrected chi connectivity index (χ0v) is 13.1. The average Bonchev–Trinajstić information content (AvgIpc) is 2.69. The van der Waals surface area contributed by atoms with E-state index in [-0.39, 0.29) is 0 Å². The molecular formula is C17H28N2O. The van der Waals surface area contributed by atoms with Gasteiger partial charge < -0.3 is 10.1 Å². The lowest BCUT2D eigenvalue weighted by atomic mass is 10.0. The number of hydrogen-bond acceptors (Lipinski definition) is 3. The maximum absolute atomic E-state index is 5.24. The summed E-state index contributed by atoms with van der Waals surface area (Å²) in [7, 11) is 3.76. The Morgan fingerprint density at radius 2 is 2.00 bits per heavy atom. The van der Waals surface area contributed by atoms with Gasteiger partial charge in [0.05, 0.1) is 7.11 Å². The number of benzene rings is 1. The van der Waals surface area contributed by atoms with Gasteiger partial charge in [-0.2, -0.15) is 0 Å². The number of hydrogen-bond donors (Lipinski definition) is 1. The monoisotopic (exact) mass is 276 g/mol. The number of ether oxygens (including phenoxy) is 1. The second-order valence-corrected chi connectivity index (χ2v) is 5.81. The largest absolute Gasteiger partial charge is 0.497 e. The van der Waals surface area contributed by atoms with Crippen molar-refractivity contribution in [3.05, 3.63) is 29.8 Å². The summed E-state index contributed by atoms with van der Waals surface area (Å²) in [4.78, 5) is 2.64. The third-order valence-corrected chi connectivity index (χ3v) is 4.47. The second kappa shape index (κ2) is 7.65. The fourth-order valence-corrected chi connectivity index (χ4v) is 3.04. The zero-order valence-electron chi connectivity index (χ0n) is 13.1. The van der Waals surface area contributed by atoms with Crippen LogP contribution in [0.1, 0.15) is 44.2 Å². The number of nitrogens with zero attached hydrogens (tertiary/aromatic N) is 1. The van der Waals surface area contributed by atoms with Crippen molar-refractivity contribution in [2.45, 2.75) is 44.7 Å². The molecule has 20 heavy (non-hydrogen) atoms. The van der Waals surface area contributed by atoms with Crippen LogP contribution >= 0.6 is 0 Å². The number of likely N-dealkylation sites (tertiary alicyclic amines) is 1. The highest BCUT2D eigenvalue weighted by Crippen LogP contribution is 2.22. The van der Waals surface area contributed by atoms with Gasteiger partial charge in [0.15, 0.2) is 0 Å². The Labute approximate surface area is 123 Å². The van der Waals surface area contributed by atoms with E-state index in [1.807, 2.05) is 12.1 Å². The van der Waals surface area contributed by atoms with Crippen LogP contribution in [-0.2, 0) is 0 Å². The van der Waals surface area contributed by atoms with Crippen molar-refractivity contribution in [1.29, 1.82) is 0 Å². The number of methoxy groups -OCH3 is 1. The molecule has 3 nitrogen and oxygen atoms in total. The summed E-state index contributed by atoms with van der Waals surface area (Å²) in [6, 6.07) is 9.52. The minimum Gasteiger partial charge on any atom is -0.497 e. The Kier molecular flexibility index (Phi) is 5.86. The SMILES string of the molecule is CNC(CN1CCCCCC1C)c1ccc(OC)cc1. The summed E-state index contributed by atoms with van der Waals surface area (Å²) < 4.78 is 5.24. The van der Waals surface area contributed by atoms with Crippen molar-refractivity contribution in [3.63, 3.8) is 0 Å². The zero-order chi connectivity index (χ0) is 14.4. The third-order valence-electron chi connectivity index (χ3n) is 4.47. The highest BCUT2D eigenvalue weighted by molar-refractivity contribution is 5.29. The van der Waals surface area contributed by atoms with Crippen molar-refractivity contribution in [2.75, 3.05) is 27.2 Å². The molecule has 0 aliphatic carbocycles. The van der Waals surface area contributed by atoms with Crippen LogP contribution in [0, 0.1) is 0 Å². The van der Waals surface area contributed by atoms with Crippen LogP contribution in [0.15, 0.2) is 24.3 Å². The predicted molar refractivity (Wildman–Crippen MR) is 84.3 cm³/mol. The second-order valence-electron chi connectivity index (χ2n) is 5.81. The number of rotatable bonds is 5. The molecule has 1 aromatic rings. The number of nitrogens with one attached hydrogen (secondary N) is 1. The van der Waals surface area contributed by atoms with Crippen molar-refractivity contribution < 1.29 is 4.74 Å². The van der Waals surface area contributed by atoms with Crippen LogP contribution in [-0.4, -0.2) is 38.2 Å². The van der Waals surface area contributed by atoms with E-state index in [9.17, 15) is 0 Å². The Balaban J connectivity index is 2.02. The molecule has 112 valence electrons.